The molecule has 2 rings (SSSR count). The molecule has 0 bridgehead atoms. The molecule has 0 aliphatic rings. The third-order valence-electron chi connectivity index (χ3n) is 2.84. The number of aryl methyl sites for hydroxylation is 2. The fourth-order valence-corrected chi connectivity index (χ4v) is 1.75. The van der Waals surface area contributed by atoms with E-state index >= 15 is 0 Å². The van der Waals surface area contributed by atoms with Gasteiger partial charge in [0.25, 0.3) is 5.69 Å². The summed E-state index contributed by atoms with van der Waals surface area (Å²) in [6.07, 6.45) is 2.87. The van der Waals surface area contributed by atoms with E-state index in [1.54, 1.807) is 38.1 Å². The molecule has 0 saturated heterocycles. The third-order valence-corrected chi connectivity index (χ3v) is 2.84. The lowest BCUT2D eigenvalue weighted by atomic mass is 10.1. The number of furan rings is 1. The minimum Gasteiger partial charge on any atom is -0.458 e. The molecule has 0 aliphatic carbocycles. The Labute approximate surface area is 115 Å². The summed E-state index contributed by atoms with van der Waals surface area (Å²) in [7, 11) is 0. The van der Waals surface area contributed by atoms with Gasteiger partial charge in [-0.05, 0) is 37.6 Å². The van der Waals surface area contributed by atoms with E-state index in [1.807, 2.05) is 0 Å². The Morgan fingerprint density at radius 3 is 2.60 bits per heavy atom. The van der Waals surface area contributed by atoms with Crippen LogP contribution in [0.4, 0.5) is 5.69 Å². The van der Waals surface area contributed by atoms with Crippen LogP contribution >= 0.6 is 0 Å². The van der Waals surface area contributed by atoms with Crippen LogP contribution in [0.5, 0.6) is 0 Å². The largest absolute Gasteiger partial charge is 0.458 e. The number of ketones is 1. The monoisotopic (exact) mass is 271 g/mol. The molecule has 5 nitrogen and oxygen atoms in total. The quantitative estimate of drug-likeness (QED) is 0.368. The van der Waals surface area contributed by atoms with Gasteiger partial charge in [-0.2, -0.15) is 0 Å². The fourth-order valence-electron chi connectivity index (χ4n) is 1.75. The van der Waals surface area contributed by atoms with Crippen LogP contribution < -0.4 is 0 Å². The Balaban J connectivity index is 2.21. The summed E-state index contributed by atoms with van der Waals surface area (Å²) in [6.45, 7) is 3.42. The first-order chi connectivity index (χ1) is 9.47. The van der Waals surface area contributed by atoms with Gasteiger partial charge >= 0.3 is 0 Å². The maximum absolute atomic E-state index is 11.8. The second kappa shape index (κ2) is 5.52. The van der Waals surface area contributed by atoms with Gasteiger partial charge in [-0.15, -0.1) is 0 Å². The van der Waals surface area contributed by atoms with Crippen molar-refractivity contribution in [1.29, 1.82) is 0 Å². The van der Waals surface area contributed by atoms with Gasteiger partial charge in [0.15, 0.2) is 5.76 Å². The van der Waals surface area contributed by atoms with E-state index in [2.05, 4.69) is 0 Å². The van der Waals surface area contributed by atoms with Gasteiger partial charge in [-0.1, -0.05) is 18.2 Å². The molecule has 2 aromatic rings. The average molecular weight is 271 g/mol. The lowest BCUT2D eigenvalue weighted by Gasteiger charge is -1.98. The zero-order valence-corrected chi connectivity index (χ0v) is 11.1. The van der Waals surface area contributed by atoms with Crippen molar-refractivity contribution >= 4 is 17.5 Å². The number of allylic oxidation sites excluding steroid dienone is 1. The van der Waals surface area contributed by atoms with Crippen LogP contribution in [0.2, 0.25) is 0 Å². The molecule has 5 heteroatoms. The smallest absolute Gasteiger partial charge is 0.272 e. The lowest BCUT2D eigenvalue weighted by molar-refractivity contribution is -0.385. The summed E-state index contributed by atoms with van der Waals surface area (Å²) in [5.41, 5.74) is 1.22. The number of hydrogen-bond acceptors (Lipinski definition) is 4. The van der Waals surface area contributed by atoms with Crippen molar-refractivity contribution in [3.8, 4) is 0 Å². The highest BCUT2D eigenvalue weighted by molar-refractivity contribution is 6.04. The van der Waals surface area contributed by atoms with Crippen molar-refractivity contribution in [2.75, 3.05) is 0 Å². The molecule has 0 aliphatic heterocycles. The third kappa shape index (κ3) is 3.00. The Kier molecular flexibility index (Phi) is 3.79. The molecule has 1 aromatic heterocycles. The van der Waals surface area contributed by atoms with E-state index in [-0.39, 0.29) is 17.2 Å². The van der Waals surface area contributed by atoms with E-state index in [4.69, 9.17) is 4.42 Å². The molecule has 0 fully saturated rings. The predicted molar refractivity (Wildman–Crippen MR) is 74.6 cm³/mol. The summed E-state index contributed by atoms with van der Waals surface area (Å²) in [5.74, 6) is 0.634. The van der Waals surface area contributed by atoms with E-state index in [1.165, 1.54) is 18.2 Å². The maximum atomic E-state index is 11.8. The molecule has 0 amide bonds. The van der Waals surface area contributed by atoms with Crippen molar-refractivity contribution in [1.82, 2.24) is 0 Å². The molecule has 0 saturated carbocycles. The number of carbonyl (C=O) groups excluding carboxylic acids is 1. The average Bonchev–Trinajstić information content (AvgIpc) is 2.84. The topological polar surface area (TPSA) is 73.3 Å². The summed E-state index contributed by atoms with van der Waals surface area (Å²) in [6, 6.07) is 8.11. The molecule has 102 valence electrons. The molecule has 1 heterocycles. The zero-order chi connectivity index (χ0) is 14.7. The van der Waals surface area contributed by atoms with Gasteiger partial charge in [0.1, 0.15) is 5.76 Å². The van der Waals surface area contributed by atoms with E-state index in [0.29, 0.717) is 16.9 Å². The number of hydrogen-bond donors (Lipinski definition) is 0. The zero-order valence-electron chi connectivity index (χ0n) is 11.1. The van der Waals surface area contributed by atoms with Crippen molar-refractivity contribution in [3.63, 3.8) is 0 Å². The summed E-state index contributed by atoms with van der Waals surface area (Å²) in [4.78, 5) is 22.2. The molecule has 0 spiro atoms. The highest BCUT2D eigenvalue weighted by Gasteiger charge is 2.10. The molecule has 20 heavy (non-hydrogen) atoms. The second-order valence-electron chi connectivity index (χ2n) is 4.41. The Morgan fingerprint density at radius 1 is 1.25 bits per heavy atom. The molecule has 0 unspecified atom stereocenters. The summed E-state index contributed by atoms with van der Waals surface area (Å²) in [5, 5.41) is 10.8. The number of nitro benzene ring substituents is 1. The minimum absolute atomic E-state index is 0.0356. The number of carbonyl (C=O) groups is 1. The van der Waals surface area contributed by atoms with Crippen LogP contribution in [0.15, 0.2) is 40.8 Å². The van der Waals surface area contributed by atoms with Gasteiger partial charge in [-0.3, -0.25) is 14.9 Å². The summed E-state index contributed by atoms with van der Waals surface area (Å²) < 4.78 is 5.21. The molecular formula is C15H13NO4. The van der Waals surface area contributed by atoms with Gasteiger partial charge in [0, 0.05) is 11.6 Å². The Hall–Kier alpha value is -2.69. The van der Waals surface area contributed by atoms with Crippen molar-refractivity contribution in [2.45, 2.75) is 13.8 Å². The molecule has 0 atom stereocenters. The number of rotatable bonds is 4. The lowest BCUT2D eigenvalue weighted by Crippen LogP contribution is -1.93. The SMILES string of the molecule is Cc1ccc(C(=O)/C=C/c2ccc(C)c([N+](=O)[O-])c2)o1. The highest BCUT2D eigenvalue weighted by atomic mass is 16.6. The maximum Gasteiger partial charge on any atom is 0.272 e. The molecular weight excluding hydrogens is 258 g/mol. The van der Waals surface area contributed by atoms with Crippen LogP contribution in [-0.2, 0) is 0 Å². The first-order valence-electron chi connectivity index (χ1n) is 6.01. The fraction of sp³-hybridized carbons (Fsp3) is 0.133. The van der Waals surface area contributed by atoms with Crippen LogP contribution in [0.3, 0.4) is 0 Å². The van der Waals surface area contributed by atoms with Crippen molar-refractivity contribution in [3.05, 3.63) is 69.2 Å². The van der Waals surface area contributed by atoms with Crippen LogP contribution in [-0.4, -0.2) is 10.7 Å². The van der Waals surface area contributed by atoms with E-state index in [0.717, 1.165) is 0 Å². The first-order valence-corrected chi connectivity index (χ1v) is 6.01. The molecule has 1 aromatic carbocycles. The Morgan fingerprint density at radius 2 is 2.00 bits per heavy atom. The Bertz CT molecular complexity index is 698. The van der Waals surface area contributed by atoms with Crippen LogP contribution in [0, 0.1) is 24.0 Å². The predicted octanol–water partition coefficient (Wildman–Crippen LogP) is 3.70. The highest BCUT2D eigenvalue weighted by Crippen LogP contribution is 2.20. The van der Waals surface area contributed by atoms with Crippen molar-refractivity contribution < 1.29 is 14.1 Å². The van der Waals surface area contributed by atoms with E-state index in [9.17, 15) is 14.9 Å². The van der Waals surface area contributed by atoms with Crippen LogP contribution in [0.25, 0.3) is 6.08 Å². The van der Waals surface area contributed by atoms with Crippen molar-refractivity contribution in [2.24, 2.45) is 0 Å². The van der Waals surface area contributed by atoms with Gasteiger partial charge in [-0.25, -0.2) is 0 Å². The van der Waals surface area contributed by atoms with Gasteiger partial charge in [0.05, 0.1) is 4.92 Å². The molecule has 0 N–H and O–H groups in total. The van der Waals surface area contributed by atoms with Crippen LogP contribution in [0.1, 0.15) is 27.4 Å². The van der Waals surface area contributed by atoms with Gasteiger partial charge < -0.3 is 4.42 Å². The minimum atomic E-state index is -0.440. The van der Waals surface area contributed by atoms with Gasteiger partial charge in [0.2, 0.25) is 5.78 Å². The summed E-state index contributed by atoms with van der Waals surface area (Å²) >= 11 is 0. The number of nitrogens with zero attached hydrogens (tertiary/aromatic N) is 1. The van der Waals surface area contributed by atoms with E-state index < -0.39 is 4.92 Å². The number of benzene rings is 1. The first kappa shape index (κ1) is 13.7. The number of nitro groups is 1. The standard InChI is InChI=1S/C15H13NO4/c1-10-3-5-12(9-13(10)16(18)19)6-7-14(17)15-8-4-11(2)20-15/h3-9H,1-2H3/b7-6+. The normalized spacial score (nSPS) is 10.9. The second-order valence-corrected chi connectivity index (χ2v) is 4.41. The molecule has 0 radical (unpaired) electrons.